The molecule has 0 radical (unpaired) electrons. The summed E-state index contributed by atoms with van der Waals surface area (Å²) in [5, 5.41) is 4.41. The van der Waals surface area contributed by atoms with Crippen LogP contribution in [0.1, 0.15) is 42.3 Å². The van der Waals surface area contributed by atoms with E-state index < -0.39 is 17.4 Å². The molecule has 0 N–H and O–H groups in total. The van der Waals surface area contributed by atoms with E-state index in [2.05, 4.69) is 5.10 Å². The molecule has 0 aliphatic rings. The van der Waals surface area contributed by atoms with Gasteiger partial charge in [-0.15, -0.1) is 0 Å². The molecule has 0 atom stereocenters. The first-order chi connectivity index (χ1) is 15.4. The smallest absolute Gasteiger partial charge is 0.410 e. The molecule has 0 saturated heterocycles. The number of nitrogens with zero attached hydrogens (tertiary/aromatic N) is 4. The zero-order valence-electron chi connectivity index (χ0n) is 19.3. The Morgan fingerprint density at radius 1 is 1.12 bits per heavy atom. The predicted octanol–water partition coefficient (Wildman–Crippen LogP) is 4.25. The van der Waals surface area contributed by atoms with Crippen LogP contribution in [0.5, 0.6) is 0 Å². The van der Waals surface area contributed by atoms with Crippen LogP contribution < -0.4 is 5.69 Å². The van der Waals surface area contributed by atoms with E-state index in [1.165, 1.54) is 15.8 Å². The van der Waals surface area contributed by atoms with Gasteiger partial charge < -0.3 is 9.64 Å². The van der Waals surface area contributed by atoms with Crippen molar-refractivity contribution in [2.45, 2.75) is 46.4 Å². The summed E-state index contributed by atoms with van der Waals surface area (Å²) in [5.41, 5.74) is 1.75. The van der Waals surface area contributed by atoms with E-state index in [1.54, 1.807) is 37.4 Å². The number of ketones is 1. The van der Waals surface area contributed by atoms with Gasteiger partial charge >= 0.3 is 11.8 Å². The molecule has 1 aromatic heterocycles. The Labute approximate surface area is 197 Å². The number of ether oxygens (including phenoxy) is 1. The summed E-state index contributed by atoms with van der Waals surface area (Å²) in [6.07, 6.45) is 0.955. The second kappa shape index (κ2) is 9.62. The Bertz CT molecular complexity index is 1220. The van der Waals surface area contributed by atoms with Crippen molar-refractivity contribution in [2.75, 3.05) is 7.05 Å². The van der Waals surface area contributed by atoms with Gasteiger partial charge in [-0.25, -0.2) is 18.8 Å². The van der Waals surface area contributed by atoms with Gasteiger partial charge in [-0.05, 0) is 63.1 Å². The number of carbonyl (C=O) groups excluding carboxylic acids is 2. The van der Waals surface area contributed by atoms with E-state index >= 15 is 0 Å². The summed E-state index contributed by atoms with van der Waals surface area (Å²) in [6, 6.07) is 12.3. The Morgan fingerprint density at radius 3 is 2.39 bits per heavy atom. The summed E-state index contributed by atoms with van der Waals surface area (Å²) in [6.45, 7) is 7.47. The van der Waals surface area contributed by atoms with Gasteiger partial charge in [0.05, 0.1) is 10.7 Å². The third-order valence-electron chi connectivity index (χ3n) is 4.79. The molecule has 0 aliphatic heterocycles. The van der Waals surface area contributed by atoms with E-state index in [-0.39, 0.29) is 12.3 Å². The second-order valence-electron chi connectivity index (χ2n) is 8.85. The molecule has 1 heterocycles. The van der Waals surface area contributed by atoms with E-state index in [1.807, 2.05) is 39.8 Å². The van der Waals surface area contributed by atoms with Gasteiger partial charge in [0.2, 0.25) is 0 Å². The molecule has 1 amide bonds. The largest absolute Gasteiger partial charge is 0.444 e. The lowest BCUT2D eigenvalue weighted by Gasteiger charge is -2.24. The van der Waals surface area contributed by atoms with Gasteiger partial charge in [0.1, 0.15) is 18.5 Å². The van der Waals surface area contributed by atoms with Gasteiger partial charge in [0.15, 0.2) is 5.78 Å². The summed E-state index contributed by atoms with van der Waals surface area (Å²) < 4.78 is 7.81. The Kier molecular flexibility index (Phi) is 7.07. The fourth-order valence-electron chi connectivity index (χ4n) is 3.13. The number of carbonyl (C=O) groups is 2. The number of aryl methyl sites for hydroxylation is 1. The normalized spacial score (nSPS) is 11.3. The van der Waals surface area contributed by atoms with E-state index in [4.69, 9.17) is 16.3 Å². The number of Topliss-reactive ketones (excluding diaryl/α,β-unsaturated/α-hetero) is 1. The standard InChI is InChI=1S/C24H27ClN4O4/c1-16-6-11-19(20(25)12-16)21(30)14-29-22(31)28(15-26-29)18-9-7-17(8-10-18)13-27(5)23(32)33-24(2,3)4/h6-12,15H,13-14H2,1-5H3. The fourth-order valence-corrected chi connectivity index (χ4v) is 3.47. The summed E-state index contributed by atoms with van der Waals surface area (Å²) in [7, 11) is 1.66. The van der Waals surface area contributed by atoms with Crippen LogP contribution >= 0.6 is 11.6 Å². The molecule has 2 aromatic carbocycles. The molecule has 3 rings (SSSR count). The number of aromatic nitrogens is 3. The topological polar surface area (TPSA) is 86.4 Å². The van der Waals surface area contributed by atoms with Gasteiger partial charge in [-0.2, -0.15) is 5.10 Å². The van der Waals surface area contributed by atoms with Crippen LogP contribution in [-0.4, -0.2) is 43.8 Å². The monoisotopic (exact) mass is 470 g/mol. The van der Waals surface area contributed by atoms with Crippen molar-refractivity contribution in [3.8, 4) is 5.69 Å². The van der Waals surface area contributed by atoms with Crippen LogP contribution in [0.4, 0.5) is 4.79 Å². The van der Waals surface area contributed by atoms with Gasteiger partial charge in [0, 0.05) is 19.2 Å². The Hall–Kier alpha value is -3.39. The minimum Gasteiger partial charge on any atom is -0.444 e. The highest BCUT2D eigenvalue weighted by Crippen LogP contribution is 2.18. The Morgan fingerprint density at radius 2 is 1.79 bits per heavy atom. The number of hydrogen-bond acceptors (Lipinski definition) is 5. The van der Waals surface area contributed by atoms with E-state index in [9.17, 15) is 14.4 Å². The average Bonchev–Trinajstić information content (AvgIpc) is 3.07. The van der Waals surface area contributed by atoms with Crippen LogP contribution in [0.2, 0.25) is 5.02 Å². The SMILES string of the molecule is Cc1ccc(C(=O)Cn2ncn(-c3ccc(CN(C)C(=O)OC(C)(C)C)cc3)c2=O)c(Cl)c1. The molecule has 33 heavy (non-hydrogen) atoms. The first-order valence-corrected chi connectivity index (χ1v) is 10.8. The molecule has 0 fully saturated rings. The zero-order chi connectivity index (χ0) is 24.3. The van der Waals surface area contributed by atoms with Crippen LogP contribution in [0.3, 0.4) is 0 Å². The lowest BCUT2D eigenvalue weighted by atomic mass is 10.1. The molecule has 174 valence electrons. The molecule has 9 heteroatoms. The van der Waals surface area contributed by atoms with Crippen molar-refractivity contribution in [1.29, 1.82) is 0 Å². The number of hydrogen-bond donors (Lipinski definition) is 0. The van der Waals surface area contributed by atoms with Crippen LogP contribution in [0, 0.1) is 6.92 Å². The second-order valence-corrected chi connectivity index (χ2v) is 9.26. The minimum absolute atomic E-state index is 0.215. The highest BCUT2D eigenvalue weighted by Gasteiger charge is 2.20. The van der Waals surface area contributed by atoms with Gasteiger partial charge in [-0.1, -0.05) is 29.8 Å². The number of benzene rings is 2. The third kappa shape index (κ3) is 6.10. The highest BCUT2D eigenvalue weighted by molar-refractivity contribution is 6.34. The molecule has 3 aromatic rings. The van der Waals surface area contributed by atoms with Crippen LogP contribution in [-0.2, 0) is 17.8 Å². The maximum Gasteiger partial charge on any atom is 0.410 e. The summed E-state index contributed by atoms with van der Waals surface area (Å²) >= 11 is 6.17. The van der Waals surface area contributed by atoms with Crippen molar-refractivity contribution < 1.29 is 14.3 Å². The number of amides is 1. The minimum atomic E-state index is -0.567. The molecule has 0 bridgehead atoms. The maximum atomic E-state index is 12.8. The van der Waals surface area contributed by atoms with Crippen molar-refractivity contribution in [3.05, 3.63) is 81.0 Å². The summed E-state index contributed by atoms with van der Waals surface area (Å²) in [4.78, 5) is 39.0. The highest BCUT2D eigenvalue weighted by atomic mass is 35.5. The molecule has 8 nitrogen and oxygen atoms in total. The molecular weight excluding hydrogens is 444 g/mol. The van der Waals surface area contributed by atoms with Crippen LogP contribution in [0.15, 0.2) is 53.6 Å². The first kappa shape index (κ1) is 24.3. The van der Waals surface area contributed by atoms with Crippen molar-refractivity contribution >= 4 is 23.5 Å². The molecule has 0 spiro atoms. The summed E-state index contributed by atoms with van der Waals surface area (Å²) in [5.74, 6) is -0.298. The van der Waals surface area contributed by atoms with Crippen molar-refractivity contribution in [3.63, 3.8) is 0 Å². The van der Waals surface area contributed by atoms with Gasteiger partial charge in [-0.3, -0.25) is 4.79 Å². The molecule has 0 aliphatic carbocycles. The van der Waals surface area contributed by atoms with Crippen molar-refractivity contribution in [1.82, 2.24) is 19.2 Å². The average molecular weight is 471 g/mol. The third-order valence-corrected chi connectivity index (χ3v) is 5.10. The van der Waals surface area contributed by atoms with Gasteiger partial charge in [0.25, 0.3) is 0 Å². The fraction of sp³-hybridized carbons (Fsp3) is 0.333. The van der Waals surface area contributed by atoms with Crippen molar-refractivity contribution in [2.24, 2.45) is 0 Å². The van der Waals surface area contributed by atoms with E-state index in [0.717, 1.165) is 15.8 Å². The molecular formula is C24H27ClN4O4. The van der Waals surface area contributed by atoms with Crippen LogP contribution in [0.25, 0.3) is 5.69 Å². The quantitative estimate of drug-likeness (QED) is 0.503. The lowest BCUT2D eigenvalue weighted by Crippen LogP contribution is -2.33. The van der Waals surface area contributed by atoms with E-state index in [0.29, 0.717) is 22.8 Å². The molecule has 0 unspecified atom stereocenters. The Balaban J connectivity index is 1.70. The zero-order valence-corrected chi connectivity index (χ0v) is 20.1. The predicted molar refractivity (Wildman–Crippen MR) is 126 cm³/mol. The maximum absolute atomic E-state index is 12.8. The first-order valence-electron chi connectivity index (χ1n) is 10.4. The lowest BCUT2D eigenvalue weighted by molar-refractivity contribution is 0.0285. The molecule has 0 saturated carbocycles. The number of halogens is 1. The number of rotatable bonds is 6.